The lowest BCUT2D eigenvalue weighted by molar-refractivity contribution is -0.115. The average molecular weight is 388 g/mol. The number of carbonyl (C=O) groups is 1. The lowest BCUT2D eigenvalue weighted by atomic mass is 10.1. The lowest BCUT2D eigenvalue weighted by Crippen LogP contribution is -2.16. The first-order chi connectivity index (χ1) is 14.2. The third kappa shape index (κ3) is 4.60. The van der Waals surface area contributed by atoms with Crippen LogP contribution in [0.3, 0.4) is 0 Å². The van der Waals surface area contributed by atoms with Crippen LogP contribution in [0.5, 0.6) is 0 Å². The number of fused-ring (bicyclic) bond motifs is 1. The maximum atomic E-state index is 13.6. The summed E-state index contributed by atoms with van der Waals surface area (Å²) in [6.07, 6.45) is 4.57. The fourth-order valence-electron chi connectivity index (χ4n) is 3.25. The number of anilines is 2. The standard InChI is InChI=1S/C23H21FN4O/c24-20-7-3-1-5-16(20)13-23(29)28-22-10-9-18(15-27-22)25-12-11-17-14-26-21-8-4-2-6-19(17)21/h1-10,14-15,25-26H,11-13H2,(H,27,28,29). The van der Waals surface area contributed by atoms with Crippen LogP contribution in [0.1, 0.15) is 11.1 Å². The third-order valence-corrected chi connectivity index (χ3v) is 4.74. The van der Waals surface area contributed by atoms with E-state index in [9.17, 15) is 9.18 Å². The largest absolute Gasteiger partial charge is 0.383 e. The molecular formula is C23H21FN4O. The van der Waals surface area contributed by atoms with Crippen LogP contribution in [-0.4, -0.2) is 22.4 Å². The molecule has 0 unspecified atom stereocenters. The van der Waals surface area contributed by atoms with Crippen molar-refractivity contribution in [3.8, 4) is 0 Å². The quantitative estimate of drug-likeness (QED) is 0.435. The Balaban J connectivity index is 1.29. The van der Waals surface area contributed by atoms with Gasteiger partial charge in [0.2, 0.25) is 5.91 Å². The van der Waals surface area contributed by atoms with Gasteiger partial charge in [-0.25, -0.2) is 9.37 Å². The van der Waals surface area contributed by atoms with Gasteiger partial charge in [0.1, 0.15) is 11.6 Å². The van der Waals surface area contributed by atoms with Crippen LogP contribution in [0.25, 0.3) is 10.9 Å². The van der Waals surface area contributed by atoms with Gasteiger partial charge in [-0.05, 0) is 41.8 Å². The van der Waals surface area contributed by atoms with Crippen molar-refractivity contribution in [3.05, 3.63) is 90.0 Å². The molecule has 0 aliphatic carbocycles. The second kappa shape index (κ2) is 8.56. The second-order valence-electron chi connectivity index (χ2n) is 6.78. The first-order valence-electron chi connectivity index (χ1n) is 9.47. The number of nitrogens with one attached hydrogen (secondary N) is 3. The van der Waals surface area contributed by atoms with Crippen molar-refractivity contribution in [2.24, 2.45) is 0 Å². The van der Waals surface area contributed by atoms with E-state index in [-0.39, 0.29) is 18.1 Å². The van der Waals surface area contributed by atoms with Gasteiger partial charge in [-0.2, -0.15) is 0 Å². The van der Waals surface area contributed by atoms with Crippen molar-refractivity contribution in [2.75, 3.05) is 17.2 Å². The summed E-state index contributed by atoms with van der Waals surface area (Å²) >= 11 is 0. The smallest absolute Gasteiger partial charge is 0.230 e. The molecule has 0 aliphatic heterocycles. The Labute approximate surface area is 168 Å². The highest BCUT2D eigenvalue weighted by Crippen LogP contribution is 2.18. The number of pyridine rings is 1. The highest BCUT2D eigenvalue weighted by atomic mass is 19.1. The molecule has 0 saturated carbocycles. The maximum absolute atomic E-state index is 13.6. The van der Waals surface area contributed by atoms with E-state index in [1.807, 2.05) is 24.4 Å². The van der Waals surface area contributed by atoms with Gasteiger partial charge in [0.15, 0.2) is 0 Å². The molecule has 0 aliphatic rings. The normalized spacial score (nSPS) is 10.8. The fraction of sp³-hybridized carbons (Fsp3) is 0.130. The van der Waals surface area contributed by atoms with Crippen molar-refractivity contribution in [1.82, 2.24) is 9.97 Å². The number of H-pyrrole nitrogens is 1. The number of hydrogen-bond donors (Lipinski definition) is 3. The SMILES string of the molecule is O=C(Cc1ccccc1F)Nc1ccc(NCCc2c[nH]c3ccccc23)cn1. The summed E-state index contributed by atoms with van der Waals surface area (Å²) in [7, 11) is 0. The van der Waals surface area contributed by atoms with Crippen LogP contribution >= 0.6 is 0 Å². The highest BCUT2D eigenvalue weighted by molar-refractivity contribution is 5.91. The number of benzene rings is 2. The number of para-hydroxylation sites is 1. The lowest BCUT2D eigenvalue weighted by Gasteiger charge is -2.08. The summed E-state index contributed by atoms with van der Waals surface area (Å²) < 4.78 is 13.6. The number of amides is 1. The Bertz CT molecular complexity index is 1120. The van der Waals surface area contributed by atoms with E-state index in [2.05, 4.69) is 32.7 Å². The zero-order chi connectivity index (χ0) is 20.1. The van der Waals surface area contributed by atoms with Crippen LogP contribution in [0.4, 0.5) is 15.9 Å². The summed E-state index contributed by atoms with van der Waals surface area (Å²) in [6, 6.07) is 18.1. The highest BCUT2D eigenvalue weighted by Gasteiger charge is 2.08. The first kappa shape index (κ1) is 18.7. The van der Waals surface area contributed by atoms with Crippen molar-refractivity contribution >= 4 is 28.3 Å². The number of aromatic amines is 1. The number of aromatic nitrogens is 2. The monoisotopic (exact) mass is 388 g/mol. The van der Waals surface area contributed by atoms with E-state index in [1.165, 1.54) is 17.0 Å². The molecule has 2 aromatic heterocycles. The molecule has 3 N–H and O–H groups in total. The molecular weight excluding hydrogens is 367 g/mol. The predicted molar refractivity (Wildman–Crippen MR) is 113 cm³/mol. The molecule has 5 nitrogen and oxygen atoms in total. The van der Waals surface area contributed by atoms with Crippen molar-refractivity contribution in [1.29, 1.82) is 0 Å². The summed E-state index contributed by atoms with van der Waals surface area (Å²) in [5, 5.41) is 7.27. The number of nitrogens with zero attached hydrogens (tertiary/aromatic N) is 1. The number of carbonyl (C=O) groups excluding carboxylic acids is 1. The van der Waals surface area contributed by atoms with E-state index in [0.29, 0.717) is 11.4 Å². The van der Waals surface area contributed by atoms with Crippen molar-refractivity contribution < 1.29 is 9.18 Å². The molecule has 1 amide bonds. The molecule has 2 heterocycles. The molecule has 0 radical (unpaired) electrons. The van der Waals surface area contributed by atoms with E-state index in [0.717, 1.165) is 24.2 Å². The molecule has 4 rings (SSSR count). The predicted octanol–water partition coefficient (Wildman–Crippen LogP) is 4.54. The minimum Gasteiger partial charge on any atom is -0.383 e. The van der Waals surface area contributed by atoms with Crippen molar-refractivity contribution in [3.63, 3.8) is 0 Å². The molecule has 6 heteroatoms. The second-order valence-corrected chi connectivity index (χ2v) is 6.78. The van der Waals surface area contributed by atoms with Gasteiger partial charge >= 0.3 is 0 Å². The van der Waals surface area contributed by atoms with E-state index >= 15 is 0 Å². The third-order valence-electron chi connectivity index (χ3n) is 4.74. The van der Waals surface area contributed by atoms with E-state index in [4.69, 9.17) is 0 Å². The van der Waals surface area contributed by atoms with Crippen LogP contribution in [0.15, 0.2) is 73.1 Å². The Morgan fingerprint density at radius 3 is 2.66 bits per heavy atom. The summed E-state index contributed by atoms with van der Waals surface area (Å²) in [4.78, 5) is 19.6. The van der Waals surface area contributed by atoms with Gasteiger partial charge in [0, 0.05) is 23.6 Å². The molecule has 0 fully saturated rings. The fourth-order valence-corrected chi connectivity index (χ4v) is 3.25. The molecule has 146 valence electrons. The van der Waals surface area contributed by atoms with E-state index < -0.39 is 0 Å². The Hall–Kier alpha value is -3.67. The van der Waals surface area contributed by atoms with Crippen molar-refractivity contribution in [2.45, 2.75) is 12.8 Å². The van der Waals surface area contributed by atoms with Crippen LogP contribution in [-0.2, 0) is 17.6 Å². The van der Waals surface area contributed by atoms with Gasteiger partial charge < -0.3 is 15.6 Å². The first-order valence-corrected chi connectivity index (χ1v) is 9.47. The minimum absolute atomic E-state index is 0.0288. The average Bonchev–Trinajstić information content (AvgIpc) is 3.14. The summed E-state index contributed by atoms with van der Waals surface area (Å²) in [5.41, 5.74) is 3.63. The Morgan fingerprint density at radius 2 is 1.83 bits per heavy atom. The van der Waals surface area contributed by atoms with Gasteiger partial charge in [-0.3, -0.25) is 4.79 Å². The van der Waals surface area contributed by atoms with Gasteiger partial charge in [0.05, 0.1) is 18.3 Å². The number of hydrogen-bond acceptors (Lipinski definition) is 3. The zero-order valence-corrected chi connectivity index (χ0v) is 15.8. The molecule has 4 aromatic rings. The Morgan fingerprint density at radius 1 is 1.00 bits per heavy atom. The summed E-state index contributed by atoms with van der Waals surface area (Å²) in [5.74, 6) is -0.249. The minimum atomic E-state index is -0.384. The van der Waals surface area contributed by atoms with E-state index in [1.54, 1.807) is 30.5 Å². The number of rotatable bonds is 7. The Kier molecular flexibility index (Phi) is 5.52. The van der Waals surface area contributed by atoms with Crippen LogP contribution in [0.2, 0.25) is 0 Å². The molecule has 29 heavy (non-hydrogen) atoms. The molecule has 0 saturated heterocycles. The molecule has 0 bridgehead atoms. The van der Waals surface area contributed by atoms with Gasteiger partial charge in [0.25, 0.3) is 0 Å². The molecule has 0 spiro atoms. The number of halogens is 1. The van der Waals surface area contributed by atoms with Gasteiger partial charge in [-0.1, -0.05) is 36.4 Å². The van der Waals surface area contributed by atoms with Crippen LogP contribution in [0, 0.1) is 5.82 Å². The van der Waals surface area contributed by atoms with Gasteiger partial charge in [-0.15, -0.1) is 0 Å². The summed E-state index contributed by atoms with van der Waals surface area (Å²) in [6.45, 7) is 0.766. The topological polar surface area (TPSA) is 69.8 Å². The zero-order valence-electron chi connectivity index (χ0n) is 15.8. The maximum Gasteiger partial charge on any atom is 0.230 e. The molecule has 0 atom stereocenters. The van der Waals surface area contributed by atoms with Crippen LogP contribution < -0.4 is 10.6 Å². The molecule has 2 aromatic carbocycles.